The number of thiazole rings is 1. The first-order valence-electron chi connectivity index (χ1n) is 13.9. The molecule has 0 saturated carbocycles. The first-order chi connectivity index (χ1) is 20.0. The van der Waals surface area contributed by atoms with E-state index in [0.717, 1.165) is 17.0 Å². The number of fused-ring (bicyclic) bond motifs is 2. The van der Waals surface area contributed by atoms with Crippen molar-refractivity contribution in [3.05, 3.63) is 44.9 Å². The molecule has 17 heteroatoms. The molecule has 0 radical (unpaired) electrons. The summed E-state index contributed by atoms with van der Waals surface area (Å²) < 4.78 is 61.9. The van der Waals surface area contributed by atoms with Crippen LogP contribution in [-0.4, -0.2) is 110 Å². The van der Waals surface area contributed by atoms with Crippen molar-refractivity contribution in [1.82, 2.24) is 28.8 Å². The van der Waals surface area contributed by atoms with Gasteiger partial charge in [0.05, 0.1) is 24.7 Å². The lowest BCUT2D eigenvalue weighted by Crippen LogP contribution is -2.57. The van der Waals surface area contributed by atoms with Crippen LogP contribution in [0.5, 0.6) is 0 Å². The highest BCUT2D eigenvalue weighted by Crippen LogP contribution is 2.29. The molecule has 1 aromatic carbocycles. The van der Waals surface area contributed by atoms with Crippen LogP contribution in [0.2, 0.25) is 5.02 Å². The molecule has 12 nitrogen and oxygen atoms in total. The van der Waals surface area contributed by atoms with E-state index in [0.29, 0.717) is 40.7 Å². The Bertz CT molecular complexity index is 1710. The van der Waals surface area contributed by atoms with Crippen LogP contribution < -0.4 is 5.32 Å². The second-order valence-corrected chi connectivity index (χ2v) is 16.4. The molecule has 3 aromatic rings. The Hall–Kier alpha value is -1.82. The van der Waals surface area contributed by atoms with E-state index in [4.69, 9.17) is 16.3 Å². The lowest BCUT2D eigenvalue weighted by molar-refractivity contribution is 0.0556. The lowest BCUT2D eigenvalue weighted by atomic mass is 10.1. The Morgan fingerprint density at radius 2 is 1.88 bits per heavy atom. The smallest absolute Gasteiger partial charge is 0.283 e. The molecule has 2 atom stereocenters. The zero-order valence-corrected chi connectivity index (χ0v) is 27.5. The van der Waals surface area contributed by atoms with Gasteiger partial charge < -0.3 is 19.9 Å². The largest absolute Gasteiger partial charge is 0.379 e. The van der Waals surface area contributed by atoms with Crippen LogP contribution in [0.25, 0.3) is 10.9 Å². The van der Waals surface area contributed by atoms with E-state index in [1.807, 2.05) is 0 Å². The van der Waals surface area contributed by atoms with Crippen molar-refractivity contribution >= 4 is 72.2 Å². The van der Waals surface area contributed by atoms with Gasteiger partial charge >= 0.3 is 0 Å². The van der Waals surface area contributed by atoms with E-state index in [9.17, 15) is 21.6 Å². The van der Waals surface area contributed by atoms with Crippen molar-refractivity contribution in [2.24, 2.45) is 0 Å². The monoisotopic (exact) mass is 692 g/mol. The highest BCUT2D eigenvalue weighted by atomic mass is 35.5. The second kappa shape index (κ2) is 12.9. The summed E-state index contributed by atoms with van der Waals surface area (Å²) in [7, 11) is -7.59. The van der Waals surface area contributed by atoms with E-state index in [1.165, 1.54) is 19.9 Å². The molecule has 0 aliphatic carbocycles. The second-order valence-electron chi connectivity index (χ2n) is 10.9. The first kappa shape index (κ1) is 32.6. The minimum atomic E-state index is -3.97. The first-order valence-corrected chi connectivity index (χ1v) is 18.1. The Morgan fingerprint density at radius 3 is 2.65 bits per heavy atom. The number of benzene rings is 1. The average molecular weight is 694 g/mol. The molecule has 2 saturated heterocycles. The Labute approximate surface area is 266 Å². The molecular weight excluding hydrogens is 659 g/mol. The normalized spacial score (nSPS) is 22.3. The Kier molecular flexibility index (Phi) is 9.76. The molecule has 0 bridgehead atoms. The van der Waals surface area contributed by atoms with Crippen LogP contribution in [0, 0.1) is 0 Å². The van der Waals surface area contributed by atoms with Gasteiger partial charge in [0.25, 0.3) is 15.9 Å². The highest BCUT2D eigenvalue weighted by Gasteiger charge is 2.39. The van der Waals surface area contributed by atoms with E-state index in [1.54, 1.807) is 29.2 Å². The zero-order chi connectivity index (χ0) is 29.6. The van der Waals surface area contributed by atoms with Gasteiger partial charge in [-0.2, -0.15) is 8.61 Å². The number of piperazine rings is 1. The maximum absolute atomic E-state index is 13.8. The number of amides is 1. The van der Waals surface area contributed by atoms with Crippen LogP contribution in [-0.2, 0) is 37.7 Å². The van der Waals surface area contributed by atoms with Crippen molar-refractivity contribution in [1.29, 1.82) is 0 Å². The van der Waals surface area contributed by atoms with Crippen LogP contribution in [0.4, 0.5) is 0 Å². The summed E-state index contributed by atoms with van der Waals surface area (Å²) in [6.07, 6.45) is 0.811. The third-order valence-electron chi connectivity index (χ3n) is 8.03. The number of hydrogen-bond donors (Lipinski definition) is 2. The van der Waals surface area contributed by atoms with E-state index < -0.39 is 26.1 Å². The number of sulfonamides is 2. The van der Waals surface area contributed by atoms with Crippen molar-refractivity contribution in [2.75, 3.05) is 51.7 Å². The van der Waals surface area contributed by atoms with Crippen LogP contribution in [0.15, 0.2) is 29.3 Å². The van der Waals surface area contributed by atoms with E-state index in [2.05, 4.69) is 22.2 Å². The van der Waals surface area contributed by atoms with Crippen LogP contribution >= 0.6 is 35.3 Å². The number of H-pyrrole nitrogens is 1. The number of rotatable bonds is 7. The number of aromatic nitrogens is 2. The number of hydrogen-bond acceptors (Lipinski definition) is 9. The molecule has 3 aliphatic heterocycles. The van der Waals surface area contributed by atoms with Gasteiger partial charge in [-0.05, 0) is 37.6 Å². The summed E-state index contributed by atoms with van der Waals surface area (Å²) in [6, 6.07) is 6.23. The molecule has 5 heterocycles. The molecular formula is C26H34Cl2N6O6S3. The molecule has 6 rings (SSSR count). The number of aromatic amines is 1. The molecule has 0 spiro atoms. The standard InChI is InChI=1S/C26H33ClN6O6S3.ClH/c1-17-12-22-23(15-28-17)40-25(30-22)26(34)33-6-5-32(16-20(33)4-11-41(35,36)31-7-9-39-10-8-31)42(37,38)24-14-18-13-19(27)2-3-21(18)29-24;/h2-3,13-14,17,20,28-29H,4-12,15-16H2,1H3;1H. The minimum Gasteiger partial charge on any atom is -0.379 e. The van der Waals surface area contributed by atoms with Gasteiger partial charge in [0, 0.05) is 78.6 Å². The SMILES string of the molecule is CC1Cc2nc(C(=O)N3CCN(S(=O)(=O)c4cc5cc(Cl)ccc5[nH]4)CC3CCS(=O)(=O)N3CCOCC3)sc2CN1.Cl. The highest BCUT2D eigenvalue weighted by molar-refractivity contribution is 7.89. The molecule has 43 heavy (non-hydrogen) atoms. The van der Waals surface area contributed by atoms with Gasteiger partial charge in [-0.3, -0.25) is 4.79 Å². The van der Waals surface area contributed by atoms with E-state index in [-0.39, 0.29) is 74.3 Å². The average Bonchev–Trinajstić information content (AvgIpc) is 3.60. The third-order valence-corrected chi connectivity index (χ3v) is 13.0. The summed E-state index contributed by atoms with van der Waals surface area (Å²) in [5.74, 6) is -0.510. The van der Waals surface area contributed by atoms with Crippen LogP contribution in [0.3, 0.4) is 0 Å². The maximum atomic E-state index is 13.8. The molecule has 2 N–H and O–H groups in total. The molecule has 2 aromatic heterocycles. The number of morpholine rings is 1. The van der Waals surface area contributed by atoms with Crippen LogP contribution in [0.1, 0.15) is 33.7 Å². The van der Waals surface area contributed by atoms with E-state index >= 15 is 0 Å². The van der Waals surface area contributed by atoms with Crippen molar-refractivity contribution in [2.45, 2.75) is 43.4 Å². The van der Waals surface area contributed by atoms with Gasteiger partial charge in [0.1, 0.15) is 5.03 Å². The minimum absolute atomic E-state index is 0. The van der Waals surface area contributed by atoms with Crippen molar-refractivity contribution < 1.29 is 26.4 Å². The third kappa shape index (κ3) is 6.75. The summed E-state index contributed by atoms with van der Waals surface area (Å²) in [5.41, 5.74) is 1.54. The number of nitrogens with zero attached hydrogens (tertiary/aromatic N) is 4. The number of carbonyl (C=O) groups excluding carboxylic acids is 1. The zero-order valence-electron chi connectivity index (χ0n) is 23.5. The predicted octanol–water partition coefficient (Wildman–Crippen LogP) is 2.30. The fraction of sp³-hybridized carbons (Fsp3) is 0.538. The summed E-state index contributed by atoms with van der Waals surface area (Å²) in [4.78, 5) is 24.0. The fourth-order valence-corrected chi connectivity index (χ4v) is 9.87. The summed E-state index contributed by atoms with van der Waals surface area (Å²) in [6.45, 7) is 4.07. The predicted molar refractivity (Wildman–Crippen MR) is 167 cm³/mol. The summed E-state index contributed by atoms with van der Waals surface area (Å²) in [5, 5.41) is 4.91. The fourth-order valence-electron chi connectivity index (χ4n) is 5.68. The summed E-state index contributed by atoms with van der Waals surface area (Å²) >= 11 is 7.44. The van der Waals surface area contributed by atoms with Crippen molar-refractivity contribution in [3.63, 3.8) is 0 Å². The number of nitrogens with one attached hydrogen (secondary N) is 2. The van der Waals surface area contributed by atoms with Gasteiger partial charge in [0.15, 0.2) is 5.01 Å². The maximum Gasteiger partial charge on any atom is 0.283 e. The van der Waals surface area contributed by atoms with Gasteiger partial charge in [-0.15, -0.1) is 23.7 Å². The quantitative estimate of drug-likeness (QED) is 0.384. The topological polar surface area (TPSA) is 145 Å². The number of carbonyl (C=O) groups is 1. The Balaban J connectivity index is 0.00000368. The molecule has 236 valence electrons. The van der Waals surface area contributed by atoms with Crippen molar-refractivity contribution in [3.8, 4) is 0 Å². The number of halogens is 2. The molecule has 2 unspecified atom stereocenters. The van der Waals surface area contributed by atoms with Gasteiger partial charge in [0.2, 0.25) is 10.0 Å². The molecule has 2 fully saturated rings. The van der Waals surface area contributed by atoms with Gasteiger partial charge in [-0.25, -0.2) is 21.8 Å². The van der Waals surface area contributed by atoms with Gasteiger partial charge in [-0.1, -0.05) is 11.6 Å². The number of ether oxygens (including phenoxy) is 1. The molecule has 1 amide bonds. The molecule has 3 aliphatic rings. The lowest BCUT2D eigenvalue weighted by Gasteiger charge is -2.40. The Morgan fingerprint density at radius 1 is 1.12 bits per heavy atom.